The lowest BCUT2D eigenvalue weighted by molar-refractivity contribution is 0.332. The van der Waals surface area contributed by atoms with E-state index < -0.39 is 0 Å². The number of furan rings is 1. The Bertz CT molecular complexity index is 3690. The van der Waals surface area contributed by atoms with Gasteiger partial charge in [0.15, 0.2) is 0 Å². The molecule has 2 aromatic heterocycles. The van der Waals surface area contributed by atoms with Gasteiger partial charge in [-0.1, -0.05) is 166 Å². The van der Waals surface area contributed by atoms with Gasteiger partial charge in [0.1, 0.15) is 5.58 Å². The van der Waals surface area contributed by atoms with E-state index in [0.717, 1.165) is 46.8 Å². The fraction of sp³-hybridized carbons (Fsp3) is 0.250. The van der Waals surface area contributed by atoms with Crippen molar-refractivity contribution in [2.45, 2.75) is 104 Å². The van der Waals surface area contributed by atoms with Crippen LogP contribution in [0.5, 0.6) is 0 Å². The third-order valence-electron chi connectivity index (χ3n) is 15.7. The van der Waals surface area contributed by atoms with Crippen LogP contribution < -0.4 is 21.3 Å². The monoisotopic (exact) mass is 916 g/mol. The van der Waals surface area contributed by atoms with Gasteiger partial charge in [-0.15, -0.1) is 11.3 Å². The third kappa shape index (κ3) is 7.14. The number of nitrogens with one attached hydrogen (secondary N) is 1. The molecule has 0 fully saturated rings. The second-order valence-corrected chi connectivity index (χ2v) is 24.4. The molecule has 5 heteroatoms. The van der Waals surface area contributed by atoms with Crippen LogP contribution in [0, 0.1) is 0 Å². The van der Waals surface area contributed by atoms with E-state index in [1.165, 1.54) is 92.0 Å². The maximum absolute atomic E-state index is 7.38. The zero-order valence-corrected chi connectivity index (χ0v) is 42.6. The highest BCUT2D eigenvalue weighted by atomic mass is 32.1. The molecular weight excluding hydrogens is 856 g/mol. The van der Waals surface area contributed by atoms with Gasteiger partial charge in [0.25, 0.3) is 0 Å². The topological polar surface area (TPSA) is 28.4 Å². The third-order valence-corrected chi connectivity index (χ3v) is 16.8. The number of hydrogen-bond acceptors (Lipinski definition) is 4. The molecule has 1 aliphatic heterocycles. The maximum Gasteiger partial charge on any atom is 0.244 e. The van der Waals surface area contributed by atoms with Crippen LogP contribution in [-0.4, -0.2) is 7.28 Å². The molecule has 3 heterocycles. The molecule has 8 aromatic carbocycles. The molecular formula is C64H61BN2OS. The summed E-state index contributed by atoms with van der Waals surface area (Å²) in [6.45, 7) is 23.5. The van der Waals surface area contributed by atoms with Crippen LogP contribution >= 0.6 is 11.3 Å². The zero-order chi connectivity index (χ0) is 47.8. The molecule has 1 N–H and O–H groups in total. The van der Waals surface area contributed by atoms with Crippen molar-refractivity contribution in [2.24, 2.45) is 0 Å². The predicted molar refractivity (Wildman–Crippen MR) is 301 cm³/mol. The number of rotatable bonds is 5. The molecule has 0 bridgehead atoms. The first-order valence-corrected chi connectivity index (χ1v) is 25.7. The largest absolute Gasteiger partial charge is 0.469 e. The summed E-state index contributed by atoms with van der Waals surface area (Å²) in [5, 5.41) is 10.2. The Hall–Kier alpha value is -6.56. The molecule has 0 radical (unpaired) electrons. The van der Waals surface area contributed by atoms with Crippen LogP contribution in [-0.2, 0) is 21.7 Å². The lowest BCUT2D eigenvalue weighted by atomic mass is 9.60. The van der Waals surface area contributed by atoms with Crippen LogP contribution in [0.4, 0.5) is 28.4 Å². The number of thiophene rings is 1. The Morgan fingerprint density at radius 3 is 1.96 bits per heavy atom. The fourth-order valence-corrected chi connectivity index (χ4v) is 12.7. The molecule has 0 unspecified atom stereocenters. The van der Waals surface area contributed by atoms with Crippen molar-refractivity contribution in [3.05, 3.63) is 174 Å². The SMILES string of the molecule is CC(C)(C)c1ccc(Nc2c(-c3c4c(cc5ccccc35)N(c3ccc(C(C)(C)C)cc3-c3ccccc3)c3c(oc5cc6c(cc35)C(C)(C)CCC6(C)C)B4)ccc3sc4ccccc4c23)cc1. The minimum atomic E-state index is -0.0445. The summed E-state index contributed by atoms with van der Waals surface area (Å²) in [6.07, 6.45) is 2.29. The van der Waals surface area contributed by atoms with Crippen molar-refractivity contribution in [1.82, 2.24) is 0 Å². The zero-order valence-electron chi connectivity index (χ0n) is 41.8. The molecule has 0 saturated heterocycles. The summed E-state index contributed by atoms with van der Waals surface area (Å²) in [7, 11) is 0.649. The highest BCUT2D eigenvalue weighted by molar-refractivity contribution is 7.26. The average Bonchev–Trinajstić information content (AvgIpc) is 3.89. The molecule has 0 atom stereocenters. The smallest absolute Gasteiger partial charge is 0.244 e. The summed E-state index contributed by atoms with van der Waals surface area (Å²) in [5.74, 6) is 0. The van der Waals surface area contributed by atoms with Crippen LogP contribution in [0.2, 0.25) is 0 Å². The molecule has 0 saturated carbocycles. The molecule has 1 aliphatic carbocycles. The predicted octanol–water partition coefficient (Wildman–Crippen LogP) is 17.1. The second-order valence-electron chi connectivity index (χ2n) is 23.3. The van der Waals surface area contributed by atoms with E-state index in [-0.39, 0.29) is 21.7 Å². The molecule has 10 aromatic rings. The lowest BCUT2D eigenvalue weighted by Gasteiger charge is -2.42. The van der Waals surface area contributed by atoms with E-state index in [9.17, 15) is 0 Å². The molecule has 2 aliphatic rings. The lowest BCUT2D eigenvalue weighted by Crippen LogP contribution is -2.40. The Balaban J connectivity index is 1.19. The Morgan fingerprint density at radius 2 is 1.23 bits per heavy atom. The molecule has 12 rings (SSSR count). The minimum Gasteiger partial charge on any atom is -0.469 e. The number of benzene rings is 8. The quantitative estimate of drug-likeness (QED) is 0.174. The van der Waals surface area contributed by atoms with E-state index in [2.05, 4.69) is 231 Å². The molecule has 342 valence electrons. The van der Waals surface area contributed by atoms with Gasteiger partial charge < -0.3 is 14.6 Å². The van der Waals surface area contributed by atoms with E-state index >= 15 is 0 Å². The number of anilines is 5. The normalized spacial score (nSPS) is 15.3. The van der Waals surface area contributed by atoms with E-state index in [1.807, 2.05) is 11.3 Å². The van der Waals surface area contributed by atoms with Gasteiger partial charge in [-0.2, -0.15) is 0 Å². The molecule has 69 heavy (non-hydrogen) atoms. The number of nitrogens with zero attached hydrogens (tertiary/aromatic N) is 1. The Labute approximate surface area is 412 Å². The van der Waals surface area contributed by atoms with Crippen LogP contribution in [0.1, 0.15) is 104 Å². The van der Waals surface area contributed by atoms with Crippen molar-refractivity contribution in [2.75, 3.05) is 10.2 Å². The van der Waals surface area contributed by atoms with E-state index in [1.54, 1.807) is 0 Å². The maximum atomic E-state index is 7.38. The molecule has 3 nitrogen and oxygen atoms in total. The van der Waals surface area contributed by atoms with Gasteiger partial charge in [-0.3, -0.25) is 0 Å². The van der Waals surface area contributed by atoms with Gasteiger partial charge in [0.05, 0.1) is 22.7 Å². The van der Waals surface area contributed by atoms with Gasteiger partial charge in [-0.05, 0) is 139 Å². The van der Waals surface area contributed by atoms with Crippen molar-refractivity contribution >= 4 is 100 Å². The van der Waals surface area contributed by atoms with Gasteiger partial charge in [0, 0.05) is 48.1 Å². The highest BCUT2D eigenvalue weighted by Gasteiger charge is 2.40. The van der Waals surface area contributed by atoms with Crippen molar-refractivity contribution in [1.29, 1.82) is 0 Å². The van der Waals surface area contributed by atoms with Crippen molar-refractivity contribution < 1.29 is 4.42 Å². The molecule has 0 amide bonds. The van der Waals surface area contributed by atoms with Gasteiger partial charge >= 0.3 is 0 Å². The van der Waals surface area contributed by atoms with Crippen molar-refractivity contribution in [3.8, 4) is 22.3 Å². The number of hydrogen-bond donors (Lipinski definition) is 1. The standard InChI is InChI=1S/C64H61BN2OS/c1-61(2,3)40-24-27-42(28-25-40)66-58-45(29-31-54-56(58)44-22-16-17-23-53(44)69-54)55-43-21-15-14-20-39(43)34-51-57(55)65-60-59(47-36-48-49(37-52(47)68-60)64(9,10)33-32-63(48,7)8)67(51)50-30-26-41(62(4,5)6)35-46(50)38-18-12-11-13-19-38/h11-31,34-37,65-66H,32-33H2,1-10H3. The Kier molecular flexibility index (Phi) is 9.80. The van der Waals surface area contributed by atoms with Gasteiger partial charge in [0.2, 0.25) is 7.28 Å². The summed E-state index contributed by atoms with van der Waals surface area (Å²) < 4.78 is 9.93. The second kappa shape index (κ2) is 15.5. The van der Waals surface area contributed by atoms with Crippen LogP contribution in [0.3, 0.4) is 0 Å². The minimum absolute atomic E-state index is 0.0362. The van der Waals surface area contributed by atoms with E-state index in [4.69, 9.17) is 4.42 Å². The summed E-state index contributed by atoms with van der Waals surface area (Å²) in [5.41, 5.74) is 19.3. The first-order chi connectivity index (χ1) is 32.9. The fourth-order valence-electron chi connectivity index (χ4n) is 11.6. The number of fused-ring (bicyclic) bond motifs is 9. The first kappa shape index (κ1) is 43.7. The van der Waals surface area contributed by atoms with Crippen LogP contribution in [0.15, 0.2) is 156 Å². The summed E-state index contributed by atoms with van der Waals surface area (Å²) in [6, 6.07) is 57.3. The summed E-state index contributed by atoms with van der Waals surface area (Å²) in [4.78, 5) is 2.59. The van der Waals surface area contributed by atoms with E-state index in [0.29, 0.717) is 7.28 Å². The van der Waals surface area contributed by atoms with Crippen molar-refractivity contribution in [3.63, 3.8) is 0 Å². The van der Waals surface area contributed by atoms with Crippen LogP contribution in [0.25, 0.3) is 64.2 Å². The average molecular weight is 917 g/mol. The van der Waals surface area contributed by atoms with Gasteiger partial charge in [-0.25, -0.2) is 0 Å². The highest BCUT2D eigenvalue weighted by Crippen LogP contribution is 2.53. The summed E-state index contributed by atoms with van der Waals surface area (Å²) >= 11 is 1.87. The molecule has 0 spiro atoms. The Morgan fingerprint density at radius 1 is 0.580 bits per heavy atom. The first-order valence-electron chi connectivity index (χ1n) is 24.9.